The summed E-state index contributed by atoms with van der Waals surface area (Å²) in [6.07, 6.45) is 1.26. The van der Waals surface area contributed by atoms with E-state index < -0.39 is 0 Å². The first-order valence-electron chi connectivity index (χ1n) is 7.67. The minimum absolute atomic E-state index is 0.0205. The van der Waals surface area contributed by atoms with Crippen molar-refractivity contribution in [3.05, 3.63) is 71.8 Å². The molecule has 1 aliphatic heterocycles. The molecule has 118 valence electrons. The van der Waals surface area contributed by atoms with Crippen LogP contribution in [0.2, 0.25) is 0 Å². The van der Waals surface area contributed by atoms with Crippen molar-refractivity contribution >= 4 is 17.2 Å². The second-order valence-corrected chi connectivity index (χ2v) is 5.41. The van der Waals surface area contributed by atoms with Gasteiger partial charge in [0.1, 0.15) is 5.76 Å². The van der Waals surface area contributed by atoms with E-state index in [9.17, 15) is 9.90 Å². The van der Waals surface area contributed by atoms with Crippen LogP contribution in [0, 0.1) is 0 Å². The Morgan fingerprint density at radius 1 is 0.957 bits per heavy atom. The molecule has 0 spiro atoms. The summed E-state index contributed by atoms with van der Waals surface area (Å²) in [4.78, 5) is 14.5. The van der Waals surface area contributed by atoms with Gasteiger partial charge in [0.15, 0.2) is 5.78 Å². The summed E-state index contributed by atoms with van der Waals surface area (Å²) < 4.78 is 5.34. The van der Waals surface area contributed by atoms with Crippen molar-refractivity contribution in [1.29, 1.82) is 0 Å². The highest BCUT2D eigenvalue weighted by Crippen LogP contribution is 2.18. The predicted molar refractivity (Wildman–Crippen MR) is 90.9 cm³/mol. The molecule has 1 fully saturated rings. The highest BCUT2D eigenvalue weighted by atomic mass is 16.5. The molecule has 1 aliphatic rings. The summed E-state index contributed by atoms with van der Waals surface area (Å²) in [7, 11) is 0. The Balaban J connectivity index is 1.72. The van der Waals surface area contributed by atoms with Crippen LogP contribution in [0.3, 0.4) is 0 Å². The van der Waals surface area contributed by atoms with Gasteiger partial charge in [0.25, 0.3) is 0 Å². The topological polar surface area (TPSA) is 49.8 Å². The maximum atomic E-state index is 12.2. The molecule has 1 saturated heterocycles. The fourth-order valence-corrected chi connectivity index (χ4v) is 2.56. The van der Waals surface area contributed by atoms with Crippen LogP contribution < -0.4 is 4.90 Å². The smallest absolute Gasteiger partial charge is 0.189 e. The maximum absolute atomic E-state index is 12.2. The molecule has 4 heteroatoms. The Morgan fingerprint density at radius 3 is 2.26 bits per heavy atom. The van der Waals surface area contributed by atoms with Crippen molar-refractivity contribution in [3.63, 3.8) is 0 Å². The first-order valence-corrected chi connectivity index (χ1v) is 7.67. The second kappa shape index (κ2) is 7.11. The number of anilines is 1. The van der Waals surface area contributed by atoms with E-state index in [1.165, 1.54) is 6.08 Å². The average Bonchev–Trinajstić information content (AvgIpc) is 2.63. The van der Waals surface area contributed by atoms with Gasteiger partial charge in [-0.25, -0.2) is 0 Å². The van der Waals surface area contributed by atoms with Gasteiger partial charge >= 0.3 is 0 Å². The third-order valence-corrected chi connectivity index (χ3v) is 3.87. The number of ketones is 1. The number of nitrogens with zero attached hydrogens (tertiary/aromatic N) is 1. The highest BCUT2D eigenvalue weighted by molar-refractivity contribution is 6.07. The lowest BCUT2D eigenvalue weighted by atomic mass is 10.1. The van der Waals surface area contributed by atoms with E-state index in [2.05, 4.69) is 4.90 Å². The average molecular weight is 309 g/mol. The number of benzene rings is 2. The van der Waals surface area contributed by atoms with Gasteiger partial charge in [-0.3, -0.25) is 4.79 Å². The molecule has 0 unspecified atom stereocenters. The lowest BCUT2D eigenvalue weighted by molar-refractivity contribution is 0.104. The van der Waals surface area contributed by atoms with Crippen molar-refractivity contribution in [1.82, 2.24) is 0 Å². The van der Waals surface area contributed by atoms with Crippen LogP contribution in [0.1, 0.15) is 15.9 Å². The molecule has 0 saturated carbocycles. The predicted octanol–water partition coefficient (Wildman–Crippen LogP) is 3.31. The van der Waals surface area contributed by atoms with Crippen molar-refractivity contribution in [2.45, 2.75) is 0 Å². The molecule has 2 aromatic carbocycles. The standard InChI is InChI=1S/C19H19NO3/c21-18(15-4-2-1-3-5-15)14-19(22)16-6-8-17(9-7-16)20-10-12-23-13-11-20/h1-9,14,21H,10-13H2/b18-14-. The van der Waals surface area contributed by atoms with Gasteiger partial charge in [-0.05, 0) is 24.3 Å². The number of hydrogen-bond donors (Lipinski definition) is 1. The lowest BCUT2D eigenvalue weighted by Crippen LogP contribution is -2.36. The van der Waals surface area contributed by atoms with E-state index in [-0.39, 0.29) is 11.5 Å². The third-order valence-electron chi connectivity index (χ3n) is 3.87. The third kappa shape index (κ3) is 3.79. The molecule has 0 aliphatic carbocycles. The summed E-state index contributed by atoms with van der Waals surface area (Å²) in [5.74, 6) is -0.229. The molecule has 2 aromatic rings. The summed E-state index contributed by atoms with van der Waals surface area (Å²) in [5.41, 5.74) is 2.27. The summed E-state index contributed by atoms with van der Waals surface area (Å²) in [5, 5.41) is 10.0. The minimum Gasteiger partial charge on any atom is -0.507 e. The number of carbonyl (C=O) groups excluding carboxylic acids is 1. The Bertz CT molecular complexity index is 686. The van der Waals surface area contributed by atoms with E-state index in [0.29, 0.717) is 11.1 Å². The second-order valence-electron chi connectivity index (χ2n) is 5.41. The number of ether oxygens (including phenoxy) is 1. The summed E-state index contributed by atoms with van der Waals surface area (Å²) in [6, 6.07) is 16.5. The lowest BCUT2D eigenvalue weighted by Gasteiger charge is -2.28. The number of hydrogen-bond acceptors (Lipinski definition) is 4. The van der Waals surface area contributed by atoms with Crippen LogP contribution in [0.15, 0.2) is 60.7 Å². The first kappa shape index (κ1) is 15.3. The fourth-order valence-electron chi connectivity index (χ4n) is 2.56. The van der Waals surface area contributed by atoms with Crippen LogP contribution in [-0.4, -0.2) is 37.2 Å². The van der Waals surface area contributed by atoms with Crippen LogP contribution >= 0.6 is 0 Å². The molecular weight excluding hydrogens is 290 g/mol. The van der Waals surface area contributed by atoms with Gasteiger partial charge in [-0.15, -0.1) is 0 Å². The molecule has 0 atom stereocenters. The summed E-state index contributed by atoms with van der Waals surface area (Å²) in [6.45, 7) is 3.19. The number of allylic oxidation sites excluding steroid dienone is 1. The van der Waals surface area contributed by atoms with Gasteiger partial charge in [0.2, 0.25) is 0 Å². The van der Waals surface area contributed by atoms with E-state index in [0.717, 1.165) is 32.0 Å². The Morgan fingerprint density at radius 2 is 1.61 bits per heavy atom. The molecule has 1 heterocycles. The number of carbonyl (C=O) groups is 1. The van der Waals surface area contributed by atoms with Crippen molar-refractivity contribution < 1.29 is 14.6 Å². The van der Waals surface area contributed by atoms with E-state index in [1.807, 2.05) is 30.3 Å². The number of aliphatic hydroxyl groups excluding tert-OH is 1. The van der Waals surface area contributed by atoms with Gasteiger partial charge < -0.3 is 14.7 Å². The fraction of sp³-hybridized carbons (Fsp3) is 0.211. The monoisotopic (exact) mass is 309 g/mol. The Labute approximate surface area is 135 Å². The quantitative estimate of drug-likeness (QED) is 0.535. The minimum atomic E-state index is -0.208. The van der Waals surface area contributed by atoms with Gasteiger partial charge in [-0.2, -0.15) is 0 Å². The Hall–Kier alpha value is -2.59. The number of morpholine rings is 1. The van der Waals surface area contributed by atoms with E-state index in [4.69, 9.17) is 4.74 Å². The van der Waals surface area contributed by atoms with Crippen LogP contribution in [0.25, 0.3) is 5.76 Å². The molecule has 23 heavy (non-hydrogen) atoms. The maximum Gasteiger partial charge on any atom is 0.189 e. The van der Waals surface area contributed by atoms with Gasteiger partial charge in [0, 0.05) is 36.0 Å². The number of rotatable bonds is 4. The zero-order valence-corrected chi connectivity index (χ0v) is 12.8. The van der Waals surface area contributed by atoms with Crippen LogP contribution in [0.4, 0.5) is 5.69 Å². The van der Waals surface area contributed by atoms with Crippen LogP contribution in [0.5, 0.6) is 0 Å². The zero-order valence-electron chi connectivity index (χ0n) is 12.8. The Kier molecular flexibility index (Phi) is 4.74. The normalized spacial score (nSPS) is 15.5. The molecule has 0 radical (unpaired) electrons. The molecule has 1 N–H and O–H groups in total. The molecule has 0 bridgehead atoms. The van der Waals surface area contributed by atoms with Crippen molar-refractivity contribution in [3.8, 4) is 0 Å². The molecule has 4 nitrogen and oxygen atoms in total. The van der Waals surface area contributed by atoms with Crippen molar-refractivity contribution in [2.24, 2.45) is 0 Å². The largest absolute Gasteiger partial charge is 0.507 e. The van der Waals surface area contributed by atoms with Gasteiger partial charge in [-0.1, -0.05) is 30.3 Å². The van der Waals surface area contributed by atoms with Crippen molar-refractivity contribution in [2.75, 3.05) is 31.2 Å². The molecule has 0 amide bonds. The van der Waals surface area contributed by atoms with E-state index in [1.54, 1.807) is 24.3 Å². The first-order chi connectivity index (χ1) is 11.2. The van der Waals surface area contributed by atoms with Gasteiger partial charge in [0.05, 0.1) is 13.2 Å². The molecule has 0 aromatic heterocycles. The van der Waals surface area contributed by atoms with E-state index >= 15 is 0 Å². The number of aliphatic hydroxyl groups is 1. The summed E-state index contributed by atoms with van der Waals surface area (Å²) >= 11 is 0. The molecule has 3 rings (SSSR count). The van der Waals surface area contributed by atoms with Crippen LogP contribution in [-0.2, 0) is 4.74 Å². The highest BCUT2D eigenvalue weighted by Gasteiger charge is 2.12. The molecular formula is C19H19NO3. The SMILES string of the molecule is O=C(/C=C(\O)c1ccccc1)c1ccc(N2CCOCC2)cc1. The zero-order chi connectivity index (χ0) is 16.1.